The molecule has 7 nitrogen and oxygen atoms in total. The Balaban J connectivity index is 1.41. The molecule has 6 atom stereocenters. The van der Waals surface area contributed by atoms with Gasteiger partial charge in [0.1, 0.15) is 17.5 Å². The average molecular weight is 502 g/mol. The standard InChI is InChI=1S/C30H31NO6/c1-16(32)37-30(3)14-23-26-18(11-22-24(33)12-21(28(34)35)13-25(22)36-26)6-8-29(23,2)27(30)19-4-5-20-15-31-9-7-17(20)10-19/h4-5,7,9-11,15,21,23,26-27H,6,8,12-14H2,1-3H3,(H,34,35)/t21?,23-,26+,27+,29-,30?/m0/s1. The lowest BCUT2D eigenvalue weighted by molar-refractivity contribution is -0.157. The third-order valence-corrected chi connectivity index (χ3v) is 9.21. The molecule has 2 fully saturated rings. The van der Waals surface area contributed by atoms with Crippen LogP contribution in [0.25, 0.3) is 10.8 Å². The predicted octanol–water partition coefficient (Wildman–Crippen LogP) is 5.10. The second kappa shape index (κ2) is 8.27. The van der Waals surface area contributed by atoms with E-state index in [1.54, 1.807) is 6.20 Å². The van der Waals surface area contributed by atoms with Crippen LogP contribution in [0.1, 0.15) is 64.4 Å². The van der Waals surface area contributed by atoms with Crippen molar-refractivity contribution in [2.75, 3.05) is 0 Å². The molecule has 1 aromatic carbocycles. The largest absolute Gasteiger partial charge is 0.489 e. The molecule has 2 heterocycles. The third kappa shape index (κ3) is 3.70. The number of carbonyl (C=O) groups is 3. The van der Waals surface area contributed by atoms with Crippen LogP contribution in [0.3, 0.4) is 0 Å². The molecule has 2 saturated carbocycles. The van der Waals surface area contributed by atoms with Gasteiger partial charge in [-0.15, -0.1) is 0 Å². The first-order chi connectivity index (χ1) is 17.6. The fraction of sp³-hybridized carbons (Fsp3) is 0.467. The molecule has 0 saturated heterocycles. The fourth-order valence-electron chi connectivity index (χ4n) is 7.73. The second-order valence-corrected chi connectivity index (χ2v) is 11.6. The molecule has 0 bridgehead atoms. The summed E-state index contributed by atoms with van der Waals surface area (Å²) in [4.78, 5) is 41.0. The number of ether oxygens (including phenoxy) is 2. The van der Waals surface area contributed by atoms with E-state index in [0.717, 1.165) is 34.8 Å². The Bertz CT molecular complexity index is 1410. The highest BCUT2D eigenvalue weighted by atomic mass is 16.6. The number of esters is 1. The van der Waals surface area contributed by atoms with Gasteiger partial charge in [0.2, 0.25) is 0 Å². The first-order valence-electron chi connectivity index (χ1n) is 13.0. The van der Waals surface area contributed by atoms with Crippen molar-refractivity contribution in [3.63, 3.8) is 0 Å². The maximum Gasteiger partial charge on any atom is 0.307 e. The summed E-state index contributed by atoms with van der Waals surface area (Å²) in [6, 6.07) is 8.37. The summed E-state index contributed by atoms with van der Waals surface area (Å²) in [5, 5.41) is 11.7. The van der Waals surface area contributed by atoms with E-state index in [1.165, 1.54) is 6.92 Å². The van der Waals surface area contributed by atoms with E-state index in [-0.39, 0.29) is 47.9 Å². The molecule has 2 unspecified atom stereocenters. The quantitative estimate of drug-likeness (QED) is 0.584. The van der Waals surface area contributed by atoms with Crippen LogP contribution in [0.4, 0.5) is 0 Å². The van der Waals surface area contributed by atoms with Crippen LogP contribution in [-0.2, 0) is 23.9 Å². The monoisotopic (exact) mass is 501 g/mol. The van der Waals surface area contributed by atoms with Crippen LogP contribution < -0.4 is 0 Å². The van der Waals surface area contributed by atoms with Gasteiger partial charge >= 0.3 is 11.9 Å². The zero-order valence-electron chi connectivity index (χ0n) is 21.3. The highest BCUT2D eigenvalue weighted by Gasteiger charge is 2.64. The molecule has 192 valence electrons. The Morgan fingerprint density at radius 1 is 1.16 bits per heavy atom. The fourth-order valence-corrected chi connectivity index (χ4v) is 7.73. The summed E-state index contributed by atoms with van der Waals surface area (Å²) in [6.07, 6.45) is 7.81. The number of ketones is 1. The van der Waals surface area contributed by atoms with Crippen LogP contribution in [0.2, 0.25) is 0 Å². The first-order valence-corrected chi connectivity index (χ1v) is 13.0. The Labute approximate surface area is 215 Å². The van der Waals surface area contributed by atoms with Gasteiger partial charge in [-0.3, -0.25) is 19.4 Å². The minimum Gasteiger partial charge on any atom is -0.489 e. The van der Waals surface area contributed by atoms with E-state index < -0.39 is 17.5 Å². The van der Waals surface area contributed by atoms with Crippen LogP contribution >= 0.6 is 0 Å². The van der Waals surface area contributed by atoms with E-state index >= 15 is 0 Å². The number of aliphatic carboxylic acids is 1. The lowest BCUT2D eigenvalue weighted by Gasteiger charge is -2.48. The molecule has 0 spiro atoms. The van der Waals surface area contributed by atoms with Crippen molar-refractivity contribution in [2.24, 2.45) is 17.3 Å². The van der Waals surface area contributed by atoms with E-state index in [1.807, 2.05) is 25.3 Å². The van der Waals surface area contributed by atoms with Gasteiger partial charge in [-0.25, -0.2) is 0 Å². The Hall–Kier alpha value is -3.48. The molecular weight excluding hydrogens is 470 g/mol. The zero-order chi connectivity index (χ0) is 26.1. The number of carbonyl (C=O) groups excluding carboxylic acids is 2. The molecule has 6 rings (SSSR count). The van der Waals surface area contributed by atoms with Gasteiger partial charge in [-0.2, -0.15) is 0 Å². The van der Waals surface area contributed by atoms with Crippen LogP contribution in [0.5, 0.6) is 0 Å². The summed E-state index contributed by atoms with van der Waals surface area (Å²) >= 11 is 0. The molecule has 0 amide bonds. The second-order valence-electron chi connectivity index (χ2n) is 11.6. The van der Waals surface area contributed by atoms with Crippen molar-refractivity contribution in [3.8, 4) is 0 Å². The number of Topliss-reactive ketones (excluding diaryl/α,β-unsaturated/α-hetero) is 1. The smallest absolute Gasteiger partial charge is 0.307 e. The van der Waals surface area contributed by atoms with Crippen molar-refractivity contribution in [1.82, 2.24) is 4.98 Å². The first kappa shape index (κ1) is 23.9. The van der Waals surface area contributed by atoms with E-state index in [9.17, 15) is 19.5 Å². The number of rotatable bonds is 3. The van der Waals surface area contributed by atoms with E-state index in [4.69, 9.17) is 9.47 Å². The molecule has 2 aromatic rings. The van der Waals surface area contributed by atoms with E-state index in [2.05, 4.69) is 30.1 Å². The maximum atomic E-state index is 12.8. The predicted molar refractivity (Wildman–Crippen MR) is 135 cm³/mol. The number of nitrogens with zero attached hydrogens (tertiary/aromatic N) is 1. The number of hydrogen-bond donors (Lipinski definition) is 1. The molecule has 4 aliphatic rings. The lowest BCUT2D eigenvalue weighted by atomic mass is 9.60. The Morgan fingerprint density at radius 3 is 2.73 bits per heavy atom. The van der Waals surface area contributed by atoms with Crippen molar-refractivity contribution in [2.45, 2.75) is 70.5 Å². The highest BCUT2D eigenvalue weighted by molar-refractivity contribution is 6.01. The number of carboxylic acids is 1. The summed E-state index contributed by atoms with van der Waals surface area (Å²) < 4.78 is 12.7. The molecule has 3 aliphatic carbocycles. The number of allylic oxidation sites excluding steroid dienone is 3. The van der Waals surface area contributed by atoms with Crippen molar-refractivity contribution >= 4 is 28.5 Å². The summed E-state index contributed by atoms with van der Waals surface area (Å²) in [7, 11) is 0. The molecule has 7 heteroatoms. The third-order valence-electron chi connectivity index (χ3n) is 9.21. The number of carboxylic acid groups (broad SMARTS) is 1. The minimum absolute atomic E-state index is 0.0111. The van der Waals surface area contributed by atoms with Crippen LogP contribution in [0.15, 0.2) is 59.6 Å². The molecule has 37 heavy (non-hydrogen) atoms. The molecular formula is C30H31NO6. The van der Waals surface area contributed by atoms with Gasteiger partial charge < -0.3 is 14.6 Å². The molecule has 1 N–H and O–H groups in total. The minimum atomic E-state index is -0.971. The normalized spacial score (nSPS) is 34.7. The number of hydrogen-bond acceptors (Lipinski definition) is 6. The topological polar surface area (TPSA) is 103 Å². The maximum absolute atomic E-state index is 12.8. The van der Waals surface area contributed by atoms with Gasteiger partial charge in [0, 0.05) is 49.4 Å². The highest BCUT2D eigenvalue weighted by Crippen LogP contribution is 2.66. The van der Waals surface area contributed by atoms with Crippen molar-refractivity contribution in [1.29, 1.82) is 0 Å². The number of benzene rings is 1. The van der Waals surface area contributed by atoms with Gasteiger partial charge in [0.25, 0.3) is 0 Å². The molecule has 1 aromatic heterocycles. The van der Waals surface area contributed by atoms with Crippen LogP contribution in [0, 0.1) is 17.3 Å². The van der Waals surface area contributed by atoms with Gasteiger partial charge in [-0.1, -0.05) is 25.1 Å². The SMILES string of the molecule is CC(=O)OC1(C)C[C@H]2[C@@H]3OC4=C(C=C3CC[C@]2(C)[C@H]1c1ccc2cnccc2c1)C(=O)CC(C(=O)O)C4. The van der Waals surface area contributed by atoms with Crippen molar-refractivity contribution < 1.29 is 29.0 Å². The summed E-state index contributed by atoms with van der Waals surface area (Å²) in [5.74, 6) is -1.74. The summed E-state index contributed by atoms with van der Waals surface area (Å²) in [5.41, 5.74) is 1.75. The van der Waals surface area contributed by atoms with Crippen molar-refractivity contribution in [3.05, 3.63) is 65.2 Å². The summed E-state index contributed by atoms with van der Waals surface area (Å²) in [6.45, 7) is 5.75. The molecule has 1 aliphatic heterocycles. The van der Waals surface area contributed by atoms with E-state index in [0.29, 0.717) is 17.8 Å². The number of fused-ring (bicyclic) bond motifs is 4. The lowest BCUT2D eigenvalue weighted by Crippen LogP contribution is -2.44. The Kier molecular flexibility index (Phi) is 5.34. The van der Waals surface area contributed by atoms with Gasteiger partial charge in [0.15, 0.2) is 5.78 Å². The Morgan fingerprint density at radius 2 is 1.97 bits per heavy atom. The number of aromatic nitrogens is 1. The zero-order valence-corrected chi connectivity index (χ0v) is 21.3. The van der Waals surface area contributed by atoms with Gasteiger partial charge in [-0.05, 0) is 60.3 Å². The average Bonchev–Trinajstić information content (AvgIpc) is 3.08. The van der Waals surface area contributed by atoms with Gasteiger partial charge in [0.05, 0.1) is 11.5 Å². The molecule has 0 radical (unpaired) electrons. The number of pyridine rings is 1. The van der Waals surface area contributed by atoms with Crippen LogP contribution in [-0.4, -0.2) is 39.5 Å².